The molecular formula is C13H20. The van der Waals surface area contributed by atoms with Gasteiger partial charge in [-0.15, -0.1) is 0 Å². The number of hydrogen-bond donors (Lipinski definition) is 0. The van der Waals surface area contributed by atoms with Crippen LogP contribution in [0.15, 0.2) is 35.5 Å². The first kappa shape index (κ1) is 10.3. The zero-order valence-corrected chi connectivity index (χ0v) is 9.01. The molecule has 0 fully saturated rings. The van der Waals surface area contributed by atoms with Gasteiger partial charge < -0.3 is 0 Å². The third-order valence-corrected chi connectivity index (χ3v) is 2.32. The molecule has 0 bridgehead atoms. The topological polar surface area (TPSA) is 0 Å². The Labute approximate surface area is 82.0 Å². The molecule has 0 heteroatoms. The standard InChI is InChI=1S/C13H20/c1-11(2)8-9-13-7-5-4-6-12(3)10-13/h4,6-7,10-11H,5,8-9H2,1-3H3. The van der Waals surface area contributed by atoms with Gasteiger partial charge in [-0.25, -0.2) is 0 Å². The van der Waals surface area contributed by atoms with Gasteiger partial charge in [0, 0.05) is 0 Å². The smallest absolute Gasteiger partial charge is 0.0160 e. The van der Waals surface area contributed by atoms with Crippen molar-refractivity contribution in [1.29, 1.82) is 0 Å². The Morgan fingerprint density at radius 3 is 2.85 bits per heavy atom. The van der Waals surface area contributed by atoms with Crippen molar-refractivity contribution in [2.75, 3.05) is 0 Å². The van der Waals surface area contributed by atoms with Crippen molar-refractivity contribution >= 4 is 0 Å². The summed E-state index contributed by atoms with van der Waals surface area (Å²) < 4.78 is 0. The minimum atomic E-state index is 0.811. The van der Waals surface area contributed by atoms with Crippen molar-refractivity contribution in [3.63, 3.8) is 0 Å². The van der Waals surface area contributed by atoms with Crippen molar-refractivity contribution in [2.45, 2.75) is 40.0 Å². The second-order valence-electron chi connectivity index (χ2n) is 4.24. The molecule has 13 heavy (non-hydrogen) atoms. The molecule has 1 rings (SSSR count). The molecule has 0 saturated heterocycles. The lowest BCUT2D eigenvalue weighted by atomic mass is 10.0. The fraction of sp³-hybridized carbons (Fsp3) is 0.538. The summed E-state index contributed by atoms with van der Waals surface area (Å²) in [5.74, 6) is 0.811. The largest absolute Gasteiger partial charge is 0.0805 e. The van der Waals surface area contributed by atoms with E-state index in [0.717, 1.165) is 12.3 Å². The molecule has 0 atom stereocenters. The average molecular weight is 176 g/mol. The third-order valence-electron chi connectivity index (χ3n) is 2.32. The van der Waals surface area contributed by atoms with E-state index in [4.69, 9.17) is 0 Å². The minimum Gasteiger partial charge on any atom is -0.0805 e. The number of allylic oxidation sites excluding steroid dienone is 6. The quantitative estimate of drug-likeness (QED) is 0.603. The van der Waals surface area contributed by atoms with Crippen LogP contribution in [0.4, 0.5) is 0 Å². The molecule has 0 amide bonds. The highest BCUT2D eigenvalue weighted by atomic mass is 14.0. The summed E-state index contributed by atoms with van der Waals surface area (Å²) in [6.07, 6.45) is 12.7. The van der Waals surface area contributed by atoms with E-state index in [2.05, 4.69) is 45.1 Å². The van der Waals surface area contributed by atoms with Gasteiger partial charge >= 0.3 is 0 Å². The summed E-state index contributed by atoms with van der Waals surface area (Å²) in [5, 5.41) is 0. The lowest BCUT2D eigenvalue weighted by Crippen LogP contribution is -1.88. The van der Waals surface area contributed by atoms with Crippen LogP contribution in [-0.2, 0) is 0 Å². The van der Waals surface area contributed by atoms with Crippen molar-refractivity contribution in [3.05, 3.63) is 35.5 Å². The Bertz CT molecular complexity index is 239. The molecule has 1 aliphatic rings. The Morgan fingerprint density at radius 2 is 2.15 bits per heavy atom. The highest BCUT2D eigenvalue weighted by Crippen LogP contribution is 2.17. The SMILES string of the molecule is CC1=CC(CCC(C)C)=CCC=C1. The van der Waals surface area contributed by atoms with Crippen LogP contribution < -0.4 is 0 Å². The molecule has 0 nitrogen and oxygen atoms in total. The molecule has 0 aliphatic heterocycles. The van der Waals surface area contributed by atoms with E-state index in [1.807, 2.05) is 0 Å². The molecule has 0 N–H and O–H groups in total. The van der Waals surface area contributed by atoms with E-state index in [-0.39, 0.29) is 0 Å². The first-order chi connectivity index (χ1) is 6.18. The Balaban J connectivity index is 2.50. The predicted molar refractivity (Wildman–Crippen MR) is 59.7 cm³/mol. The number of rotatable bonds is 3. The average Bonchev–Trinajstić information content (AvgIpc) is 2.26. The van der Waals surface area contributed by atoms with Crippen LogP contribution in [0.25, 0.3) is 0 Å². The van der Waals surface area contributed by atoms with Gasteiger partial charge in [-0.1, -0.05) is 49.3 Å². The lowest BCUT2D eigenvalue weighted by Gasteiger charge is -2.05. The first-order valence-electron chi connectivity index (χ1n) is 5.22. The van der Waals surface area contributed by atoms with Crippen LogP contribution in [0, 0.1) is 5.92 Å². The van der Waals surface area contributed by atoms with Crippen LogP contribution in [0.5, 0.6) is 0 Å². The second kappa shape index (κ2) is 5.06. The van der Waals surface area contributed by atoms with Crippen LogP contribution in [-0.4, -0.2) is 0 Å². The van der Waals surface area contributed by atoms with E-state index in [0.29, 0.717) is 0 Å². The van der Waals surface area contributed by atoms with Gasteiger partial charge in [-0.05, 0) is 32.1 Å². The summed E-state index contributed by atoms with van der Waals surface area (Å²) in [5.41, 5.74) is 2.89. The van der Waals surface area contributed by atoms with E-state index in [1.165, 1.54) is 24.0 Å². The Hall–Kier alpha value is -0.780. The molecule has 72 valence electrons. The fourth-order valence-corrected chi connectivity index (χ4v) is 1.50. The normalized spacial score (nSPS) is 16.9. The van der Waals surface area contributed by atoms with Crippen molar-refractivity contribution in [1.82, 2.24) is 0 Å². The monoisotopic (exact) mass is 176 g/mol. The highest BCUT2D eigenvalue weighted by Gasteiger charge is 1.99. The van der Waals surface area contributed by atoms with E-state index >= 15 is 0 Å². The Kier molecular flexibility index (Phi) is 4.01. The lowest BCUT2D eigenvalue weighted by molar-refractivity contribution is 0.587. The van der Waals surface area contributed by atoms with Gasteiger partial charge in [0.2, 0.25) is 0 Å². The molecule has 1 aliphatic carbocycles. The second-order valence-corrected chi connectivity index (χ2v) is 4.24. The molecular weight excluding hydrogens is 156 g/mol. The van der Waals surface area contributed by atoms with Crippen LogP contribution in [0.2, 0.25) is 0 Å². The van der Waals surface area contributed by atoms with Gasteiger partial charge in [0.25, 0.3) is 0 Å². The maximum absolute atomic E-state index is 2.34. The molecule has 0 aromatic carbocycles. The zero-order valence-electron chi connectivity index (χ0n) is 9.01. The molecule has 0 aromatic rings. The first-order valence-corrected chi connectivity index (χ1v) is 5.22. The van der Waals surface area contributed by atoms with Gasteiger partial charge in [0.05, 0.1) is 0 Å². The summed E-state index contributed by atoms with van der Waals surface area (Å²) in [4.78, 5) is 0. The summed E-state index contributed by atoms with van der Waals surface area (Å²) in [6.45, 7) is 6.74. The fourth-order valence-electron chi connectivity index (χ4n) is 1.50. The molecule has 0 heterocycles. The summed E-state index contributed by atoms with van der Waals surface area (Å²) in [6, 6.07) is 0. The zero-order chi connectivity index (χ0) is 9.68. The van der Waals surface area contributed by atoms with Gasteiger partial charge in [0.1, 0.15) is 0 Å². The van der Waals surface area contributed by atoms with Crippen LogP contribution >= 0.6 is 0 Å². The van der Waals surface area contributed by atoms with Crippen molar-refractivity contribution in [3.8, 4) is 0 Å². The number of hydrogen-bond acceptors (Lipinski definition) is 0. The van der Waals surface area contributed by atoms with Gasteiger partial charge in [-0.2, -0.15) is 0 Å². The van der Waals surface area contributed by atoms with E-state index in [1.54, 1.807) is 0 Å². The van der Waals surface area contributed by atoms with Gasteiger partial charge in [0.15, 0.2) is 0 Å². The maximum atomic E-state index is 2.34. The maximum Gasteiger partial charge on any atom is -0.0160 e. The summed E-state index contributed by atoms with van der Waals surface area (Å²) >= 11 is 0. The molecule has 0 radical (unpaired) electrons. The van der Waals surface area contributed by atoms with Crippen LogP contribution in [0.3, 0.4) is 0 Å². The third kappa shape index (κ3) is 4.12. The predicted octanol–water partition coefficient (Wildman–Crippen LogP) is 4.26. The van der Waals surface area contributed by atoms with Gasteiger partial charge in [-0.3, -0.25) is 0 Å². The molecule has 0 saturated carbocycles. The molecule has 0 aromatic heterocycles. The Morgan fingerprint density at radius 1 is 1.38 bits per heavy atom. The molecule has 0 unspecified atom stereocenters. The van der Waals surface area contributed by atoms with E-state index < -0.39 is 0 Å². The highest BCUT2D eigenvalue weighted by molar-refractivity contribution is 5.32. The van der Waals surface area contributed by atoms with Crippen molar-refractivity contribution in [2.24, 2.45) is 5.92 Å². The van der Waals surface area contributed by atoms with E-state index in [9.17, 15) is 0 Å². The van der Waals surface area contributed by atoms with Crippen molar-refractivity contribution < 1.29 is 0 Å². The van der Waals surface area contributed by atoms with Crippen LogP contribution in [0.1, 0.15) is 40.0 Å². The minimum absolute atomic E-state index is 0.811. The summed E-state index contributed by atoms with van der Waals surface area (Å²) in [7, 11) is 0. The molecule has 0 spiro atoms.